The molecule has 0 saturated carbocycles. The van der Waals surface area contributed by atoms with Crippen molar-refractivity contribution in [3.8, 4) is 5.75 Å². The molecule has 1 fully saturated rings. The number of nitrogens with zero attached hydrogens (tertiary/aromatic N) is 2. The lowest BCUT2D eigenvalue weighted by atomic mass is 10.1. The molecule has 0 bridgehead atoms. The van der Waals surface area contributed by atoms with Gasteiger partial charge in [0.15, 0.2) is 0 Å². The molecule has 0 unspecified atom stereocenters. The minimum Gasteiger partial charge on any atom is -0.491 e. The van der Waals surface area contributed by atoms with Crippen molar-refractivity contribution in [3.63, 3.8) is 0 Å². The summed E-state index contributed by atoms with van der Waals surface area (Å²) >= 11 is 0. The first kappa shape index (κ1) is 24.6. The fraction of sp³-hybridized carbons (Fsp3) is 0.524. The molecule has 29 heavy (non-hydrogen) atoms. The molecule has 1 saturated heterocycles. The lowest BCUT2D eigenvalue weighted by molar-refractivity contribution is -0.159. The number of allylic oxidation sites excluding steroid dienone is 1. The van der Waals surface area contributed by atoms with Crippen LogP contribution in [0.15, 0.2) is 30.9 Å². The standard InChI is InChI=1S/C19H30N2O2.C2H2O4/c1-4-5-18-16-17(2)6-7-19(18)23-15-14-22-13-12-21-10-8-20(3)9-11-21;3-1(4)2(5)6/h4,6-7,16H,1,5,8-15H2,2-3H3;(H,3,4)(H,5,6). The molecule has 0 aliphatic carbocycles. The number of benzene rings is 1. The molecule has 8 heteroatoms. The Hall–Kier alpha value is -2.42. The highest BCUT2D eigenvalue weighted by molar-refractivity contribution is 6.27. The summed E-state index contributed by atoms with van der Waals surface area (Å²) in [6.07, 6.45) is 2.75. The number of likely N-dealkylation sites (N-methyl/N-ethyl adjacent to an activating group) is 1. The van der Waals surface area contributed by atoms with Crippen LogP contribution in [-0.4, -0.2) is 91.5 Å². The SMILES string of the molecule is C=CCc1cc(C)ccc1OCCOCCN1CCN(C)CC1.O=C(O)C(=O)O. The smallest absolute Gasteiger partial charge is 0.414 e. The molecule has 0 aromatic heterocycles. The van der Waals surface area contributed by atoms with Gasteiger partial charge in [0.25, 0.3) is 0 Å². The van der Waals surface area contributed by atoms with Crippen LogP contribution in [0.2, 0.25) is 0 Å². The number of carboxylic acids is 2. The maximum Gasteiger partial charge on any atom is 0.414 e. The topological polar surface area (TPSA) is 99.5 Å². The number of piperazine rings is 1. The third-order valence-electron chi connectivity index (χ3n) is 4.40. The van der Waals surface area contributed by atoms with Crippen LogP contribution < -0.4 is 4.74 Å². The maximum atomic E-state index is 9.10. The summed E-state index contributed by atoms with van der Waals surface area (Å²) < 4.78 is 11.6. The Kier molecular flexibility index (Phi) is 11.6. The Labute approximate surface area is 172 Å². The predicted molar refractivity (Wildman–Crippen MR) is 111 cm³/mol. The van der Waals surface area contributed by atoms with Gasteiger partial charge in [-0.3, -0.25) is 4.90 Å². The first-order valence-electron chi connectivity index (χ1n) is 9.61. The largest absolute Gasteiger partial charge is 0.491 e. The van der Waals surface area contributed by atoms with Gasteiger partial charge in [0.2, 0.25) is 0 Å². The molecular weight excluding hydrogens is 376 g/mol. The molecule has 2 N–H and O–H groups in total. The lowest BCUT2D eigenvalue weighted by Crippen LogP contribution is -2.45. The molecule has 2 rings (SSSR count). The summed E-state index contributed by atoms with van der Waals surface area (Å²) in [5, 5.41) is 14.8. The molecule has 1 aliphatic heterocycles. The van der Waals surface area contributed by atoms with Gasteiger partial charge in [0, 0.05) is 32.7 Å². The van der Waals surface area contributed by atoms with Crippen LogP contribution in [0.4, 0.5) is 0 Å². The van der Waals surface area contributed by atoms with Gasteiger partial charge in [0.05, 0.1) is 13.2 Å². The number of carbonyl (C=O) groups is 2. The zero-order valence-corrected chi connectivity index (χ0v) is 17.3. The molecule has 1 aromatic carbocycles. The molecule has 0 radical (unpaired) electrons. The average molecular weight is 408 g/mol. The molecule has 8 nitrogen and oxygen atoms in total. The number of carboxylic acid groups (broad SMARTS) is 2. The van der Waals surface area contributed by atoms with Crippen molar-refractivity contribution in [2.75, 3.05) is 59.6 Å². The average Bonchev–Trinajstić information content (AvgIpc) is 2.68. The summed E-state index contributed by atoms with van der Waals surface area (Å²) in [6, 6.07) is 6.28. The Morgan fingerprint density at radius 3 is 2.34 bits per heavy atom. The normalized spacial score (nSPS) is 14.6. The maximum absolute atomic E-state index is 9.10. The minimum atomic E-state index is -1.82. The van der Waals surface area contributed by atoms with Gasteiger partial charge < -0.3 is 24.6 Å². The van der Waals surface area contributed by atoms with Crippen LogP contribution in [0.1, 0.15) is 11.1 Å². The highest BCUT2D eigenvalue weighted by atomic mass is 16.5. The summed E-state index contributed by atoms with van der Waals surface area (Å²) in [7, 11) is 2.18. The number of hydrogen-bond acceptors (Lipinski definition) is 6. The van der Waals surface area contributed by atoms with E-state index in [2.05, 4.69) is 42.5 Å². The zero-order chi connectivity index (χ0) is 21.6. The van der Waals surface area contributed by atoms with E-state index in [0.717, 1.165) is 51.5 Å². The van der Waals surface area contributed by atoms with Crippen molar-refractivity contribution in [3.05, 3.63) is 42.0 Å². The van der Waals surface area contributed by atoms with Crippen molar-refractivity contribution in [2.45, 2.75) is 13.3 Å². The van der Waals surface area contributed by atoms with Gasteiger partial charge in [0.1, 0.15) is 12.4 Å². The van der Waals surface area contributed by atoms with Crippen molar-refractivity contribution < 1.29 is 29.3 Å². The van der Waals surface area contributed by atoms with E-state index in [1.807, 2.05) is 12.1 Å². The number of hydrogen-bond donors (Lipinski definition) is 2. The Morgan fingerprint density at radius 1 is 1.10 bits per heavy atom. The number of aryl methyl sites for hydroxylation is 1. The number of aliphatic carboxylic acids is 2. The van der Waals surface area contributed by atoms with Gasteiger partial charge in [-0.15, -0.1) is 6.58 Å². The first-order valence-corrected chi connectivity index (χ1v) is 9.61. The van der Waals surface area contributed by atoms with E-state index in [-0.39, 0.29) is 0 Å². The molecule has 1 aromatic rings. The molecule has 0 amide bonds. The minimum absolute atomic E-state index is 0.593. The van der Waals surface area contributed by atoms with Crippen LogP contribution in [0, 0.1) is 6.92 Å². The van der Waals surface area contributed by atoms with Crippen molar-refractivity contribution in [1.82, 2.24) is 9.80 Å². The summed E-state index contributed by atoms with van der Waals surface area (Å²) in [5.74, 6) is -2.71. The van der Waals surface area contributed by atoms with Crippen LogP contribution in [0.5, 0.6) is 5.75 Å². The van der Waals surface area contributed by atoms with Crippen molar-refractivity contribution >= 4 is 11.9 Å². The Morgan fingerprint density at radius 2 is 1.76 bits per heavy atom. The van der Waals surface area contributed by atoms with Gasteiger partial charge in [-0.25, -0.2) is 9.59 Å². The Bertz CT molecular complexity index is 645. The monoisotopic (exact) mass is 408 g/mol. The fourth-order valence-electron chi connectivity index (χ4n) is 2.74. The summed E-state index contributed by atoms with van der Waals surface area (Å²) in [6.45, 7) is 13.5. The van der Waals surface area contributed by atoms with E-state index in [9.17, 15) is 0 Å². The fourth-order valence-corrected chi connectivity index (χ4v) is 2.74. The van der Waals surface area contributed by atoms with E-state index in [4.69, 9.17) is 29.3 Å². The quantitative estimate of drug-likeness (QED) is 0.360. The highest BCUT2D eigenvalue weighted by Gasteiger charge is 2.12. The highest BCUT2D eigenvalue weighted by Crippen LogP contribution is 2.20. The molecule has 1 heterocycles. The van der Waals surface area contributed by atoms with Crippen molar-refractivity contribution in [1.29, 1.82) is 0 Å². The molecule has 162 valence electrons. The molecule has 1 aliphatic rings. The first-order chi connectivity index (χ1) is 13.8. The van der Waals surface area contributed by atoms with Crippen LogP contribution in [-0.2, 0) is 20.7 Å². The van der Waals surface area contributed by atoms with Crippen LogP contribution in [0.25, 0.3) is 0 Å². The second kappa shape index (κ2) is 13.7. The third kappa shape index (κ3) is 10.6. The molecule has 0 spiro atoms. The predicted octanol–water partition coefficient (Wildman–Crippen LogP) is 1.52. The lowest BCUT2D eigenvalue weighted by Gasteiger charge is -2.32. The van der Waals surface area contributed by atoms with Gasteiger partial charge in [-0.1, -0.05) is 23.8 Å². The van der Waals surface area contributed by atoms with Gasteiger partial charge >= 0.3 is 11.9 Å². The van der Waals surface area contributed by atoms with E-state index >= 15 is 0 Å². The summed E-state index contributed by atoms with van der Waals surface area (Å²) in [4.78, 5) is 23.0. The number of rotatable bonds is 9. The second-order valence-electron chi connectivity index (χ2n) is 6.82. The molecular formula is C21H32N2O6. The van der Waals surface area contributed by atoms with E-state index in [1.54, 1.807) is 0 Å². The van der Waals surface area contributed by atoms with Gasteiger partial charge in [-0.2, -0.15) is 0 Å². The van der Waals surface area contributed by atoms with E-state index in [1.165, 1.54) is 11.1 Å². The Balaban J connectivity index is 0.000000612. The van der Waals surface area contributed by atoms with Crippen LogP contribution in [0.3, 0.4) is 0 Å². The van der Waals surface area contributed by atoms with Crippen LogP contribution >= 0.6 is 0 Å². The van der Waals surface area contributed by atoms with Crippen molar-refractivity contribution in [2.24, 2.45) is 0 Å². The van der Waals surface area contributed by atoms with Gasteiger partial charge in [-0.05, 0) is 32.0 Å². The second-order valence-corrected chi connectivity index (χ2v) is 6.82. The zero-order valence-electron chi connectivity index (χ0n) is 17.3. The van der Waals surface area contributed by atoms with E-state index in [0.29, 0.717) is 13.2 Å². The molecule has 0 atom stereocenters. The summed E-state index contributed by atoms with van der Waals surface area (Å²) in [5.41, 5.74) is 2.44. The third-order valence-corrected chi connectivity index (χ3v) is 4.40. The number of ether oxygens (including phenoxy) is 2. The van der Waals surface area contributed by atoms with E-state index < -0.39 is 11.9 Å².